The highest BCUT2D eigenvalue weighted by Gasteiger charge is 2.56. The molecule has 0 bridgehead atoms. The zero-order chi connectivity index (χ0) is 23.7. The lowest BCUT2D eigenvalue weighted by molar-refractivity contribution is -0.526. The third kappa shape index (κ3) is 2.76. The summed E-state index contributed by atoms with van der Waals surface area (Å²) < 4.78 is 4.72. The van der Waals surface area contributed by atoms with Crippen LogP contribution in [0.3, 0.4) is 0 Å². The van der Waals surface area contributed by atoms with Crippen molar-refractivity contribution in [3.8, 4) is 11.4 Å². The molecule has 0 radical (unpaired) electrons. The van der Waals surface area contributed by atoms with Crippen molar-refractivity contribution in [2.75, 3.05) is 9.62 Å². The summed E-state index contributed by atoms with van der Waals surface area (Å²) in [5, 5.41) is 0. The van der Waals surface area contributed by atoms with E-state index in [-0.39, 0.29) is 7.12 Å². The molecule has 34 heavy (non-hydrogen) atoms. The second-order valence-electron chi connectivity index (χ2n) is 10.3. The predicted octanol–water partition coefficient (Wildman–Crippen LogP) is 6.67. The maximum Gasteiger partial charge on any atom is 0.643 e. The molecule has 0 saturated carbocycles. The van der Waals surface area contributed by atoms with Crippen LogP contribution in [-0.4, -0.2) is 11.7 Å². The van der Waals surface area contributed by atoms with Crippen LogP contribution in [0.15, 0.2) is 73.1 Å². The van der Waals surface area contributed by atoms with Gasteiger partial charge in [0.1, 0.15) is 12.4 Å². The van der Waals surface area contributed by atoms with Gasteiger partial charge in [-0.2, -0.15) is 0 Å². The second-order valence-corrected chi connectivity index (χ2v) is 10.3. The molecule has 3 aromatic carbocycles. The summed E-state index contributed by atoms with van der Waals surface area (Å²) in [6, 6.07) is 22.5. The molecule has 0 unspecified atom stereocenters. The van der Waals surface area contributed by atoms with E-state index in [2.05, 4.69) is 133 Å². The average molecular weight is 447 g/mol. The smallest absolute Gasteiger partial charge is 0.320 e. The fraction of sp³-hybridized carbons (Fsp3) is 0.276. The van der Waals surface area contributed by atoms with Crippen molar-refractivity contribution in [3.05, 3.63) is 89.7 Å². The van der Waals surface area contributed by atoms with Gasteiger partial charge in [-0.05, 0) is 53.6 Å². The monoisotopic (exact) mass is 447 g/mol. The quantitative estimate of drug-likeness (QED) is 0.326. The maximum atomic E-state index is 2.59. The third-order valence-corrected chi connectivity index (χ3v) is 7.46. The van der Waals surface area contributed by atoms with E-state index in [0.717, 1.165) is 0 Å². The van der Waals surface area contributed by atoms with Crippen molar-refractivity contribution >= 4 is 29.9 Å². The maximum absolute atomic E-state index is 2.59. The number of aryl methyl sites for hydroxylation is 2. The van der Waals surface area contributed by atoms with Gasteiger partial charge in [0, 0.05) is 11.4 Å². The first-order valence-corrected chi connectivity index (χ1v) is 12.4. The lowest BCUT2D eigenvalue weighted by atomic mass is 9.79. The summed E-state index contributed by atoms with van der Waals surface area (Å²) in [6.45, 7) is 11.5. The standard InChI is InChI=1S/C29H32BN4/c1-19(2)22-12-10-13-23(20(3)4)28(22)34-25-15-8-7-14-24(25)33-26-16-9-11-21(5)27(26)29-31(6)17-18-32(29)30(33)34/h7-20H,1-6H3/q+1. The minimum Gasteiger partial charge on any atom is -0.320 e. The molecular weight excluding hydrogens is 415 g/mol. The van der Waals surface area contributed by atoms with Gasteiger partial charge in [0.05, 0.1) is 24.0 Å². The van der Waals surface area contributed by atoms with Gasteiger partial charge in [0.2, 0.25) is 0 Å². The summed E-state index contributed by atoms with van der Waals surface area (Å²) in [7, 11) is 2.16. The number of rotatable bonds is 3. The second kappa shape index (κ2) is 7.52. The number of aromatic nitrogens is 2. The molecule has 4 aromatic rings. The Hall–Kier alpha value is -3.47. The van der Waals surface area contributed by atoms with Crippen LogP contribution >= 0.6 is 0 Å². The van der Waals surface area contributed by atoms with Crippen LogP contribution in [-0.2, 0) is 7.05 Å². The van der Waals surface area contributed by atoms with E-state index in [1.165, 1.54) is 50.8 Å². The van der Waals surface area contributed by atoms with Gasteiger partial charge in [0.25, 0.3) is 5.82 Å². The number of imidazole rings is 1. The molecule has 170 valence electrons. The zero-order valence-corrected chi connectivity index (χ0v) is 20.9. The molecule has 0 atom stereocenters. The van der Waals surface area contributed by atoms with Crippen molar-refractivity contribution in [3.63, 3.8) is 0 Å². The number of para-hydroxylation sites is 3. The van der Waals surface area contributed by atoms with Gasteiger partial charge >= 0.3 is 7.12 Å². The minimum absolute atomic E-state index is 0.000278. The van der Waals surface area contributed by atoms with E-state index in [9.17, 15) is 0 Å². The first-order chi connectivity index (χ1) is 16.4. The number of hydrogen-bond donors (Lipinski definition) is 0. The Morgan fingerprint density at radius 2 is 1.32 bits per heavy atom. The summed E-state index contributed by atoms with van der Waals surface area (Å²) in [4.78, 5) is 5.13. The molecule has 4 nitrogen and oxygen atoms in total. The van der Waals surface area contributed by atoms with Crippen LogP contribution in [0.4, 0.5) is 22.7 Å². The SMILES string of the molecule is Cc1cccc2c1-c1n(C)cc[n+]1B1N2c2ccccc2N1c1c(C(C)C)cccc1C(C)C. The number of benzene rings is 3. The normalized spacial score (nSPS) is 13.9. The van der Waals surface area contributed by atoms with E-state index in [0.29, 0.717) is 11.8 Å². The Morgan fingerprint density at radius 3 is 1.97 bits per heavy atom. The third-order valence-electron chi connectivity index (χ3n) is 7.46. The molecule has 0 saturated heterocycles. The van der Waals surface area contributed by atoms with E-state index < -0.39 is 0 Å². The first-order valence-electron chi connectivity index (χ1n) is 12.4. The molecule has 6 rings (SSSR count). The molecule has 2 aliphatic heterocycles. The number of nitrogens with zero attached hydrogens (tertiary/aromatic N) is 4. The van der Waals surface area contributed by atoms with E-state index >= 15 is 0 Å². The Morgan fingerprint density at radius 1 is 0.735 bits per heavy atom. The molecule has 3 heterocycles. The van der Waals surface area contributed by atoms with Crippen LogP contribution < -0.4 is 14.1 Å². The zero-order valence-electron chi connectivity index (χ0n) is 20.9. The van der Waals surface area contributed by atoms with Crippen LogP contribution in [0.1, 0.15) is 56.2 Å². The Bertz CT molecular complexity index is 1390. The van der Waals surface area contributed by atoms with Gasteiger partial charge in [-0.25, -0.2) is 4.57 Å². The van der Waals surface area contributed by atoms with Gasteiger partial charge in [-0.3, -0.25) is 4.48 Å². The van der Waals surface area contributed by atoms with Crippen molar-refractivity contribution in [1.82, 2.24) is 4.57 Å². The largest absolute Gasteiger partial charge is 0.643 e. The van der Waals surface area contributed by atoms with Crippen LogP contribution in [0.2, 0.25) is 0 Å². The van der Waals surface area contributed by atoms with Crippen molar-refractivity contribution in [1.29, 1.82) is 0 Å². The lowest BCUT2D eigenvalue weighted by Gasteiger charge is -2.34. The highest BCUT2D eigenvalue weighted by molar-refractivity contribution is 6.67. The first kappa shape index (κ1) is 21.1. The fourth-order valence-electron chi connectivity index (χ4n) is 5.90. The van der Waals surface area contributed by atoms with E-state index in [4.69, 9.17) is 0 Å². The van der Waals surface area contributed by atoms with Crippen LogP contribution in [0.25, 0.3) is 11.4 Å². The molecule has 0 aliphatic carbocycles. The van der Waals surface area contributed by atoms with E-state index in [1.54, 1.807) is 0 Å². The summed E-state index contributed by atoms with van der Waals surface area (Å²) in [5.74, 6) is 2.10. The van der Waals surface area contributed by atoms with Crippen molar-refractivity contribution < 1.29 is 4.48 Å². The summed E-state index contributed by atoms with van der Waals surface area (Å²) in [5.41, 5.74) is 10.6. The molecule has 0 amide bonds. The van der Waals surface area contributed by atoms with Gasteiger partial charge in [0.15, 0.2) is 0 Å². The van der Waals surface area contributed by atoms with Gasteiger partial charge in [-0.1, -0.05) is 70.2 Å². The minimum atomic E-state index is 0.000278. The van der Waals surface area contributed by atoms with Crippen LogP contribution in [0.5, 0.6) is 0 Å². The van der Waals surface area contributed by atoms with E-state index in [1.807, 2.05) is 0 Å². The Kier molecular flexibility index (Phi) is 4.67. The fourth-order valence-corrected chi connectivity index (χ4v) is 5.90. The highest BCUT2D eigenvalue weighted by atomic mass is 15.4. The molecule has 0 fully saturated rings. The van der Waals surface area contributed by atoms with Gasteiger partial charge < -0.3 is 9.62 Å². The molecule has 0 spiro atoms. The van der Waals surface area contributed by atoms with Crippen LogP contribution in [0, 0.1) is 6.92 Å². The molecule has 1 aromatic heterocycles. The molecule has 0 N–H and O–H groups in total. The van der Waals surface area contributed by atoms with Crippen molar-refractivity contribution in [2.45, 2.75) is 46.5 Å². The Labute approximate surface area is 203 Å². The lowest BCUT2D eigenvalue weighted by Crippen LogP contribution is -2.68. The predicted molar refractivity (Wildman–Crippen MR) is 142 cm³/mol. The molecule has 2 aliphatic rings. The summed E-state index contributed by atoms with van der Waals surface area (Å²) in [6.07, 6.45) is 4.43. The molecular formula is C29H32BN4+. The highest BCUT2D eigenvalue weighted by Crippen LogP contribution is 2.52. The Balaban J connectivity index is 1.72. The topological polar surface area (TPSA) is 15.3 Å². The number of anilines is 4. The molecule has 5 heteroatoms. The average Bonchev–Trinajstić information content (AvgIpc) is 3.37. The number of hydrogen-bond acceptors (Lipinski definition) is 2. The number of fused-ring (bicyclic) bond motifs is 8. The van der Waals surface area contributed by atoms with Crippen molar-refractivity contribution in [2.24, 2.45) is 7.05 Å². The summed E-state index contributed by atoms with van der Waals surface area (Å²) >= 11 is 0. The van der Waals surface area contributed by atoms with Gasteiger partial charge in [-0.15, -0.1) is 0 Å².